The van der Waals surface area contributed by atoms with E-state index in [-0.39, 0.29) is 12.5 Å². The summed E-state index contributed by atoms with van der Waals surface area (Å²) in [6, 6.07) is 2.86. The number of carbonyl (C=O) groups is 1. The zero-order valence-corrected chi connectivity index (χ0v) is 10.1. The van der Waals surface area contributed by atoms with Crippen LogP contribution in [0.15, 0.2) is 16.6 Å². The van der Waals surface area contributed by atoms with Crippen LogP contribution in [0.25, 0.3) is 0 Å². The second-order valence-corrected chi connectivity index (χ2v) is 4.45. The molecule has 0 aromatic heterocycles. The summed E-state index contributed by atoms with van der Waals surface area (Å²) in [7, 11) is 0. The Labute approximate surface area is 101 Å². The van der Waals surface area contributed by atoms with Crippen molar-refractivity contribution in [3.05, 3.63) is 22.4 Å². The van der Waals surface area contributed by atoms with Gasteiger partial charge in [0.15, 0.2) is 0 Å². The SMILES string of the molecule is Nc1cc(F)c(Br)cc1N1CCNC(=O)C1. The molecular formula is C10H11BrFN3O. The standard InChI is InChI=1S/C10H11BrFN3O/c11-6-3-9(8(13)4-7(6)12)15-2-1-14-10(16)5-15/h3-4H,1-2,5,13H2,(H,14,16). The molecule has 1 aliphatic rings. The second-order valence-electron chi connectivity index (χ2n) is 3.60. The molecule has 6 heteroatoms. The number of halogens is 2. The molecule has 0 spiro atoms. The van der Waals surface area contributed by atoms with Gasteiger partial charge in [-0.2, -0.15) is 0 Å². The van der Waals surface area contributed by atoms with E-state index in [9.17, 15) is 9.18 Å². The number of benzene rings is 1. The number of nitrogen functional groups attached to an aromatic ring is 1. The summed E-state index contributed by atoms with van der Waals surface area (Å²) in [5, 5.41) is 2.72. The Hall–Kier alpha value is -1.30. The highest BCUT2D eigenvalue weighted by Crippen LogP contribution is 2.29. The lowest BCUT2D eigenvalue weighted by Crippen LogP contribution is -2.47. The minimum atomic E-state index is -0.400. The third-order valence-electron chi connectivity index (χ3n) is 2.45. The Kier molecular flexibility index (Phi) is 3.00. The highest BCUT2D eigenvalue weighted by molar-refractivity contribution is 9.10. The predicted octanol–water partition coefficient (Wildman–Crippen LogP) is 1.11. The first-order valence-corrected chi connectivity index (χ1v) is 5.63. The smallest absolute Gasteiger partial charge is 0.239 e. The molecule has 0 radical (unpaired) electrons. The maximum absolute atomic E-state index is 13.2. The zero-order chi connectivity index (χ0) is 11.7. The molecule has 0 saturated carbocycles. The van der Waals surface area contributed by atoms with E-state index in [1.165, 1.54) is 6.07 Å². The van der Waals surface area contributed by atoms with E-state index in [2.05, 4.69) is 21.2 Å². The lowest BCUT2D eigenvalue weighted by atomic mass is 10.2. The molecule has 16 heavy (non-hydrogen) atoms. The third-order valence-corrected chi connectivity index (χ3v) is 3.06. The van der Waals surface area contributed by atoms with E-state index in [0.29, 0.717) is 28.9 Å². The van der Waals surface area contributed by atoms with Crippen molar-refractivity contribution in [2.75, 3.05) is 30.3 Å². The van der Waals surface area contributed by atoms with Gasteiger partial charge in [0.05, 0.1) is 22.4 Å². The number of nitrogens with two attached hydrogens (primary N) is 1. The van der Waals surface area contributed by atoms with Gasteiger partial charge in [0.2, 0.25) is 5.91 Å². The first kappa shape index (κ1) is 11.2. The average molecular weight is 288 g/mol. The van der Waals surface area contributed by atoms with Crippen molar-refractivity contribution < 1.29 is 9.18 Å². The largest absolute Gasteiger partial charge is 0.397 e. The molecule has 1 aromatic carbocycles. The molecule has 0 atom stereocenters. The summed E-state index contributed by atoms with van der Waals surface area (Å²) in [6.07, 6.45) is 0. The minimum Gasteiger partial charge on any atom is -0.397 e. The fourth-order valence-corrected chi connectivity index (χ4v) is 2.00. The number of piperazine rings is 1. The van der Waals surface area contributed by atoms with Gasteiger partial charge in [-0.3, -0.25) is 4.79 Å². The summed E-state index contributed by atoms with van der Waals surface area (Å²) < 4.78 is 13.5. The number of hydrogen-bond donors (Lipinski definition) is 2. The maximum Gasteiger partial charge on any atom is 0.239 e. The van der Waals surface area contributed by atoms with E-state index in [1.807, 2.05) is 4.90 Å². The van der Waals surface area contributed by atoms with Crippen LogP contribution < -0.4 is 16.0 Å². The van der Waals surface area contributed by atoms with E-state index in [4.69, 9.17) is 5.73 Å². The topological polar surface area (TPSA) is 58.4 Å². The summed E-state index contributed by atoms with van der Waals surface area (Å²) >= 11 is 3.10. The van der Waals surface area contributed by atoms with Crippen LogP contribution in [0.2, 0.25) is 0 Å². The van der Waals surface area contributed by atoms with Gasteiger partial charge in [-0.15, -0.1) is 0 Å². The van der Waals surface area contributed by atoms with E-state index in [0.717, 1.165) is 0 Å². The fraction of sp³-hybridized carbons (Fsp3) is 0.300. The minimum absolute atomic E-state index is 0.0499. The molecule has 3 N–H and O–H groups in total. The van der Waals surface area contributed by atoms with Gasteiger partial charge < -0.3 is 16.0 Å². The van der Waals surface area contributed by atoms with Crippen molar-refractivity contribution in [2.45, 2.75) is 0 Å². The number of amides is 1. The van der Waals surface area contributed by atoms with Crippen molar-refractivity contribution in [1.29, 1.82) is 0 Å². The van der Waals surface area contributed by atoms with Crippen LogP contribution in [-0.2, 0) is 4.79 Å². The first-order valence-electron chi connectivity index (χ1n) is 4.84. The lowest BCUT2D eigenvalue weighted by Gasteiger charge is -2.29. The van der Waals surface area contributed by atoms with Gasteiger partial charge in [0, 0.05) is 19.2 Å². The Morgan fingerprint density at radius 2 is 2.25 bits per heavy atom. The van der Waals surface area contributed by atoms with Crippen LogP contribution in [-0.4, -0.2) is 25.5 Å². The highest BCUT2D eigenvalue weighted by atomic mass is 79.9. The summed E-state index contributed by atoms with van der Waals surface area (Å²) in [6.45, 7) is 1.50. The van der Waals surface area contributed by atoms with E-state index >= 15 is 0 Å². The van der Waals surface area contributed by atoms with Gasteiger partial charge in [-0.05, 0) is 22.0 Å². The van der Waals surface area contributed by atoms with Gasteiger partial charge >= 0.3 is 0 Å². The highest BCUT2D eigenvalue weighted by Gasteiger charge is 2.19. The molecule has 1 amide bonds. The molecule has 0 aliphatic carbocycles. The molecule has 1 aromatic rings. The molecule has 2 rings (SSSR count). The molecule has 1 heterocycles. The molecule has 1 aliphatic heterocycles. The number of anilines is 2. The van der Waals surface area contributed by atoms with Crippen molar-refractivity contribution in [3.63, 3.8) is 0 Å². The molecule has 0 bridgehead atoms. The normalized spacial score (nSPS) is 16.1. The van der Waals surface area contributed by atoms with Crippen LogP contribution in [0.5, 0.6) is 0 Å². The third kappa shape index (κ3) is 2.11. The molecule has 1 saturated heterocycles. The molecular weight excluding hydrogens is 277 g/mol. The van der Waals surface area contributed by atoms with Crippen molar-refractivity contribution in [1.82, 2.24) is 5.32 Å². The van der Waals surface area contributed by atoms with Gasteiger partial charge in [-0.25, -0.2) is 4.39 Å². The molecule has 86 valence electrons. The van der Waals surface area contributed by atoms with Crippen molar-refractivity contribution in [2.24, 2.45) is 0 Å². The number of nitrogens with zero attached hydrogens (tertiary/aromatic N) is 1. The van der Waals surface area contributed by atoms with Crippen LogP contribution in [0, 0.1) is 5.82 Å². The second kappa shape index (κ2) is 4.29. The van der Waals surface area contributed by atoms with Crippen molar-refractivity contribution in [3.8, 4) is 0 Å². The number of carbonyl (C=O) groups excluding carboxylic acids is 1. The van der Waals surface area contributed by atoms with Gasteiger partial charge in [-0.1, -0.05) is 0 Å². The Balaban J connectivity index is 2.32. The van der Waals surface area contributed by atoms with Crippen LogP contribution >= 0.6 is 15.9 Å². The molecule has 1 fully saturated rings. The monoisotopic (exact) mass is 287 g/mol. The summed E-state index contributed by atoms with van der Waals surface area (Å²) in [5.41, 5.74) is 6.76. The van der Waals surface area contributed by atoms with Crippen molar-refractivity contribution >= 4 is 33.2 Å². The predicted molar refractivity (Wildman–Crippen MR) is 63.7 cm³/mol. The van der Waals surface area contributed by atoms with Gasteiger partial charge in [0.1, 0.15) is 5.82 Å². The summed E-state index contributed by atoms with van der Waals surface area (Å²) in [5.74, 6) is -0.450. The Bertz CT molecular complexity index is 438. The average Bonchev–Trinajstić information content (AvgIpc) is 2.23. The molecule has 0 unspecified atom stereocenters. The number of hydrogen-bond acceptors (Lipinski definition) is 3. The first-order chi connectivity index (χ1) is 7.58. The Morgan fingerprint density at radius 1 is 1.50 bits per heavy atom. The van der Waals surface area contributed by atoms with Gasteiger partial charge in [0.25, 0.3) is 0 Å². The quantitative estimate of drug-likeness (QED) is 0.761. The zero-order valence-electron chi connectivity index (χ0n) is 8.46. The number of rotatable bonds is 1. The van der Waals surface area contributed by atoms with Crippen LogP contribution in [0.4, 0.5) is 15.8 Å². The van der Waals surface area contributed by atoms with E-state index in [1.54, 1.807) is 6.07 Å². The lowest BCUT2D eigenvalue weighted by molar-refractivity contribution is -0.120. The Morgan fingerprint density at radius 3 is 2.94 bits per heavy atom. The van der Waals surface area contributed by atoms with Crippen LogP contribution in [0.3, 0.4) is 0 Å². The molecule has 4 nitrogen and oxygen atoms in total. The number of nitrogens with one attached hydrogen (secondary N) is 1. The fourth-order valence-electron chi connectivity index (χ4n) is 1.67. The van der Waals surface area contributed by atoms with Crippen LogP contribution in [0.1, 0.15) is 0 Å². The maximum atomic E-state index is 13.2. The van der Waals surface area contributed by atoms with E-state index < -0.39 is 5.82 Å². The summed E-state index contributed by atoms with van der Waals surface area (Å²) in [4.78, 5) is 13.1.